The number of nitrogens with one attached hydrogen (secondary N) is 3. The number of hydrogen-bond donors (Lipinski definition) is 3. The van der Waals surface area contributed by atoms with Gasteiger partial charge in [0.05, 0.1) is 31.7 Å². The van der Waals surface area contributed by atoms with Crippen LogP contribution in [0.25, 0.3) is 22.0 Å². The third-order valence-electron chi connectivity index (χ3n) is 11.5. The van der Waals surface area contributed by atoms with Crippen LogP contribution >= 0.6 is 0 Å². The van der Waals surface area contributed by atoms with E-state index in [1.165, 1.54) is 22.8 Å². The molecule has 0 saturated carbocycles. The summed E-state index contributed by atoms with van der Waals surface area (Å²) in [6.45, 7) is 3.94. The van der Waals surface area contributed by atoms with E-state index in [1.807, 2.05) is 24.4 Å². The summed E-state index contributed by atoms with van der Waals surface area (Å²) in [4.78, 5) is 40.8. The second kappa shape index (κ2) is 15.2. The fourth-order valence-electron chi connectivity index (χ4n) is 8.55. The highest BCUT2D eigenvalue weighted by Gasteiger charge is 2.28. The number of H-pyrrole nitrogens is 1. The Balaban J connectivity index is 0.909. The van der Waals surface area contributed by atoms with E-state index in [0.717, 1.165) is 85.4 Å². The van der Waals surface area contributed by atoms with Crippen molar-refractivity contribution in [2.75, 3.05) is 44.1 Å². The van der Waals surface area contributed by atoms with E-state index >= 15 is 4.39 Å². The SMILES string of the molecule is COc1cc(-c2cn(C)c(=O)c3[nH]ncc23)cc(OC)c1CN1CCc2c(CC3CCN(c4ccc(NC5CCC(=O)NC5=O)cc4F)CC3)cccc2C1. The summed E-state index contributed by atoms with van der Waals surface area (Å²) in [5.41, 5.74) is 8.35. The highest BCUT2D eigenvalue weighted by molar-refractivity contribution is 6.01. The predicted octanol–water partition coefficient (Wildman–Crippen LogP) is 5.32. The first-order chi connectivity index (χ1) is 26.7. The van der Waals surface area contributed by atoms with Crippen LogP contribution in [0.2, 0.25) is 0 Å². The Morgan fingerprint density at radius 3 is 2.47 bits per heavy atom. The van der Waals surface area contributed by atoms with Gasteiger partial charge in [0.1, 0.15) is 28.9 Å². The molecule has 0 spiro atoms. The van der Waals surface area contributed by atoms with E-state index in [4.69, 9.17) is 9.47 Å². The summed E-state index contributed by atoms with van der Waals surface area (Å²) in [5.74, 6) is 1.00. The van der Waals surface area contributed by atoms with E-state index in [9.17, 15) is 14.4 Å². The van der Waals surface area contributed by atoms with Gasteiger partial charge in [-0.05, 0) is 90.6 Å². The molecule has 1 atom stereocenters. The number of carbonyl (C=O) groups is 2. The van der Waals surface area contributed by atoms with Gasteiger partial charge in [-0.3, -0.25) is 29.7 Å². The second-order valence-corrected chi connectivity index (χ2v) is 14.9. The third-order valence-corrected chi connectivity index (χ3v) is 11.5. The van der Waals surface area contributed by atoms with Gasteiger partial charge in [0.25, 0.3) is 5.56 Å². The Hall–Kier alpha value is -5.69. The quantitative estimate of drug-likeness (QED) is 0.163. The summed E-state index contributed by atoms with van der Waals surface area (Å²) >= 11 is 0. The third kappa shape index (κ3) is 7.28. The summed E-state index contributed by atoms with van der Waals surface area (Å²) in [6, 6.07) is 15.2. The number of pyridine rings is 1. The Kier molecular flexibility index (Phi) is 10.0. The van der Waals surface area contributed by atoms with Crippen LogP contribution in [0.4, 0.5) is 15.8 Å². The van der Waals surface area contributed by atoms with E-state index in [2.05, 4.69) is 48.8 Å². The Labute approximate surface area is 318 Å². The Morgan fingerprint density at radius 2 is 1.75 bits per heavy atom. The zero-order valence-corrected chi connectivity index (χ0v) is 31.4. The number of aromatic amines is 1. The van der Waals surface area contributed by atoms with Crippen LogP contribution in [-0.4, -0.2) is 71.4 Å². The standard InChI is InChI=1S/C42H46FN7O5/c1-48-23-32(31-21-44-47-40(31)42(48)53)28-18-37(54-2)33(38(19-28)55-3)24-49-14-13-30-26(5-4-6-27(30)22-49)17-25-11-15-50(16-12-25)36-9-7-29(20-34(36)43)45-35-8-10-39(51)46-41(35)52/h4-7,9,18-21,23,25,35,45H,8,10-17,22,24H2,1-3H3,(H,44,47)(H,46,51,52). The maximum absolute atomic E-state index is 15.3. The molecule has 3 N–H and O–H groups in total. The molecule has 286 valence electrons. The molecule has 0 bridgehead atoms. The normalized spacial score (nSPS) is 18.0. The minimum Gasteiger partial charge on any atom is -0.496 e. The average molecular weight is 748 g/mol. The zero-order valence-electron chi connectivity index (χ0n) is 31.4. The molecule has 5 aromatic rings. The maximum atomic E-state index is 15.3. The van der Waals surface area contributed by atoms with Gasteiger partial charge >= 0.3 is 0 Å². The maximum Gasteiger partial charge on any atom is 0.276 e. The first-order valence-corrected chi connectivity index (χ1v) is 18.9. The number of anilines is 2. The largest absolute Gasteiger partial charge is 0.496 e. The van der Waals surface area contributed by atoms with Gasteiger partial charge < -0.3 is 24.3 Å². The number of aromatic nitrogens is 3. The first kappa shape index (κ1) is 36.3. The lowest BCUT2D eigenvalue weighted by atomic mass is 9.85. The summed E-state index contributed by atoms with van der Waals surface area (Å²) in [5, 5.41) is 13.1. The van der Waals surface area contributed by atoms with Crippen molar-refractivity contribution in [2.24, 2.45) is 13.0 Å². The van der Waals surface area contributed by atoms with Crippen LogP contribution in [0.5, 0.6) is 11.5 Å². The minimum absolute atomic E-state index is 0.135. The zero-order chi connectivity index (χ0) is 38.2. The number of amides is 2. The molecule has 2 amide bonds. The number of piperidine rings is 2. The van der Waals surface area contributed by atoms with Crippen molar-refractivity contribution in [3.05, 3.63) is 99.3 Å². The predicted molar refractivity (Wildman–Crippen MR) is 209 cm³/mol. The van der Waals surface area contributed by atoms with Crippen LogP contribution in [0, 0.1) is 11.7 Å². The molecule has 3 aliphatic heterocycles. The smallest absolute Gasteiger partial charge is 0.276 e. The molecular formula is C42H46FN7O5. The lowest BCUT2D eigenvalue weighted by Gasteiger charge is -2.35. The molecule has 0 aliphatic carbocycles. The first-order valence-electron chi connectivity index (χ1n) is 18.9. The number of fused-ring (bicyclic) bond motifs is 2. The van der Waals surface area contributed by atoms with Gasteiger partial charge in [-0.2, -0.15) is 5.10 Å². The van der Waals surface area contributed by atoms with Crippen molar-refractivity contribution in [1.82, 2.24) is 25.0 Å². The fraction of sp³-hybridized carbons (Fsp3) is 0.381. The van der Waals surface area contributed by atoms with Crippen LogP contribution in [-0.2, 0) is 42.6 Å². The molecule has 3 aliphatic rings. The van der Waals surface area contributed by atoms with Crippen LogP contribution < -0.4 is 30.6 Å². The molecule has 1 unspecified atom stereocenters. The van der Waals surface area contributed by atoms with Crippen LogP contribution in [0.15, 0.2) is 65.7 Å². The highest BCUT2D eigenvalue weighted by Crippen LogP contribution is 2.39. The summed E-state index contributed by atoms with van der Waals surface area (Å²) < 4.78 is 28.8. The summed E-state index contributed by atoms with van der Waals surface area (Å²) in [6.07, 6.45) is 8.07. The molecule has 2 aromatic heterocycles. The number of methoxy groups -OCH3 is 2. The Bertz CT molecular complexity index is 2300. The van der Waals surface area contributed by atoms with E-state index in [0.29, 0.717) is 35.8 Å². The Morgan fingerprint density at radius 1 is 0.964 bits per heavy atom. The number of benzene rings is 3. The van der Waals surface area contributed by atoms with Gasteiger partial charge in [-0.1, -0.05) is 18.2 Å². The van der Waals surface area contributed by atoms with Crippen LogP contribution in [0.1, 0.15) is 47.9 Å². The molecule has 12 nitrogen and oxygen atoms in total. The van der Waals surface area contributed by atoms with Gasteiger partial charge in [-0.15, -0.1) is 0 Å². The number of nitrogens with zero attached hydrogens (tertiary/aromatic N) is 4. The monoisotopic (exact) mass is 747 g/mol. The number of ether oxygens (including phenoxy) is 2. The number of hydrogen-bond acceptors (Lipinski definition) is 9. The van der Waals surface area contributed by atoms with E-state index < -0.39 is 6.04 Å². The van der Waals surface area contributed by atoms with Crippen molar-refractivity contribution < 1.29 is 23.5 Å². The fourth-order valence-corrected chi connectivity index (χ4v) is 8.55. The summed E-state index contributed by atoms with van der Waals surface area (Å²) in [7, 11) is 5.08. The lowest BCUT2D eigenvalue weighted by molar-refractivity contribution is -0.133. The minimum atomic E-state index is -0.550. The second-order valence-electron chi connectivity index (χ2n) is 14.9. The molecule has 13 heteroatoms. The molecule has 5 heterocycles. The van der Waals surface area contributed by atoms with Gasteiger partial charge in [0.15, 0.2) is 0 Å². The molecule has 2 fully saturated rings. The lowest BCUT2D eigenvalue weighted by Crippen LogP contribution is -2.47. The van der Waals surface area contributed by atoms with Gasteiger partial charge in [-0.25, -0.2) is 4.39 Å². The molecule has 0 radical (unpaired) electrons. The topological polar surface area (TPSA) is 134 Å². The van der Waals surface area contributed by atoms with Gasteiger partial charge in [0, 0.05) is 69.0 Å². The number of rotatable bonds is 10. The molecule has 8 rings (SSSR count). The molecule has 3 aromatic carbocycles. The van der Waals surface area contributed by atoms with Crippen LogP contribution in [0.3, 0.4) is 0 Å². The van der Waals surface area contributed by atoms with Crippen molar-refractivity contribution in [3.8, 4) is 22.6 Å². The van der Waals surface area contributed by atoms with E-state index in [1.54, 1.807) is 38.1 Å². The average Bonchev–Trinajstić information content (AvgIpc) is 3.69. The van der Waals surface area contributed by atoms with Crippen molar-refractivity contribution in [2.45, 2.75) is 57.7 Å². The van der Waals surface area contributed by atoms with Crippen molar-refractivity contribution in [3.63, 3.8) is 0 Å². The van der Waals surface area contributed by atoms with Crippen molar-refractivity contribution in [1.29, 1.82) is 0 Å². The highest BCUT2D eigenvalue weighted by atomic mass is 19.1. The number of carbonyl (C=O) groups excluding carboxylic acids is 2. The number of halogens is 1. The van der Waals surface area contributed by atoms with Crippen molar-refractivity contribution >= 4 is 34.1 Å². The number of aryl methyl sites for hydroxylation is 1. The molecular weight excluding hydrogens is 702 g/mol. The van der Waals surface area contributed by atoms with Gasteiger partial charge in [0.2, 0.25) is 11.8 Å². The molecule has 2 saturated heterocycles. The number of imide groups is 1. The molecule has 55 heavy (non-hydrogen) atoms. The van der Waals surface area contributed by atoms with E-state index in [-0.39, 0.29) is 29.6 Å².